The van der Waals surface area contributed by atoms with Crippen molar-refractivity contribution in [2.75, 3.05) is 0 Å². The molecule has 0 amide bonds. The predicted octanol–water partition coefficient (Wildman–Crippen LogP) is 1.25. The first kappa shape index (κ1) is 17.6. The van der Waals surface area contributed by atoms with Crippen LogP contribution < -0.4 is 16.0 Å². The largest absolute Gasteiger partial charge is 0.467 e. The number of fused-ring (bicyclic) bond motifs is 1. The van der Waals surface area contributed by atoms with Crippen LogP contribution in [0.25, 0.3) is 22.3 Å². The van der Waals surface area contributed by atoms with Gasteiger partial charge in [0.1, 0.15) is 11.8 Å². The molecule has 28 heavy (non-hydrogen) atoms. The molecule has 2 N–H and O–H groups in total. The van der Waals surface area contributed by atoms with Crippen LogP contribution in [0.5, 0.6) is 5.88 Å². The fraction of sp³-hybridized carbons (Fsp3) is 0.222. The van der Waals surface area contributed by atoms with Crippen LogP contribution >= 0.6 is 0 Å². The number of hydrogen-bond donors (Lipinski definition) is 2. The van der Waals surface area contributed by atoms with Gasteiger partial charge in [0.25, 0.3) is 5.56 Å². The van der Waals surface area contributed by atoms with Crippen molar-refractivity contribution < 1.29 is 4.74 Å². The normalized spacial score (nSPS) is 12.2. The molecule has 4 rings (SSSR count). The number of nitrogens with one attached hydrogen (secondary N) is 2. The van der Waals surface area contributed by atoms with E-state index in [9.17, 15) is 9.59 Å². The Balaban J connectivity index is 1.77. The monoisotopic (exact) mass is 379 g/mol. The second kappa shape index (κ2) is 6.72. The summed E-state index contributed by atoms with van der Waals surface area (Å²) in [4.78, 5) is 32.4. The number of H-pyrrole nitrogens is 2. The van der Waals surface area contributed by atoms with E-state index in [0.717, 1.165) is 11.4 Å². The minimum Gasteiger partial charge on any atom is -0.467 e. The smallest absolute Gasteiger partial charge is 0.325 e. The van der Waals surface area contributed by atoms with Crippen LogP contribution in [0.2, 0.25) is 0 Å². The molecule has 10 heteroatoms. The summed E-state index contributed by atoms with van der Waals surface area (Å²) in [6, 6.07) is 7.37. The highest BCUT2D eigenvalue weighted by molar-refractivity contribution is 5.84. The van der Waals surface area contributed by atoms with Crippen molar-refractivity contribution in [2.24, 2.45) is 7.05 Å². The number of pyridine rings is 1. The molecule has 0 spiro atoms. The van der Waals surface area contributed by atoms with Gasteiger partial charge in [0.2, 0.25) is 5.88 Å². The average molecular weight is 379 g/mol. The summed E-state index contributed by atoms with van der Waals surface area (Å²) in [6.07, 6.45) is 0.957. The Labute approximate surface area is 158 Å². The van der Waals surface area contributed by atoms with Crippen LogP contribution in [0.15, 0.2) is 40.1 Å². The summed E-state index contributed by atoms with van der Waals surface area (Å²) in [5, 5.41) is 13.2. The van der Waals surface area contributed by atoms with E-state index in [2.05, 4.69) is 30.2 Å². The molecule has 0 bridgehead atoms. The Morgan fingerprint density at radius 1 is 1.21 bits per heavy atom. The van der Waals surface area contributed by atoms with Crippen LogP contribution in [0.4, 0.5) is 0 Å². The highest BCUT2D eigenvalue weighted by atomic mass is 16.5. The SMILES string of the molecule is Cc1cccc([C@H](C)Oc2nn(C)c3nnc(-c4c[nH]c(=O)[nH]c4=O)cc23)n1. The minimum absolute atomic E-state index is 0.192. The number of ether oxygens (including phenoxy) is 1. The summed E-state index contributed by atoms with van der Waals surface area (Å²) in [7, 11) is 1.73. The Morgan fingerprint density at radius 3 is 2.79 bits per heavy atom. The Bertz CT molecular complexity index is 1290. The molecule has 1 atom stereocenters. The summed E-state index contributed by atoms with van der Waals surface area (Å²) in [5.41, 5.74) is 1.52. The Morgan fingerprint density at radius 2 is 2.04 bits per heavy atom. The molecule has 142 valence electrons. The van der Waals surface area contributed by atoms with Crippen molar-refractivity contribution in [1.82, 2.24) is 34.9 Å². The molecular weight excluding hydrogens is 362 g/mol. The molecule has 0 fully saturated rings. The number of aryl methyl sites for hydroxylation is 2. The summed E-state index contributed by atoms with van der Waals surface area (Å²) in [6.45, 7) is 3.79. The van der Waals surface area contributed by atoms with Crippen molar-refractivity contribution >= 4 is 11.0 Å². The van der Waals surface area contributed by atoms with Gasteiger partial charge in [-0.1, -0.05) is 6.07 Å². The van der Waals surface area contributed by atoms with Gasteiger partial charge >= 0.3 is 5.69 Å². The number of rotatable bonds is 4. The molecule has 4 heterocycles. The molecule has 0 saturated heterocycles. The standard InChI is InChI=1S/C18H17N7O3/c1-9-5-4-6-13(20-9)10(2)28-17-11-7-14(22-23-15(11)25(3)24-17)12-8-19-18(27)21-16(12)26/h4-8,10H,1-3H3,(H2,19,21,26,27)/t10-/m0/s1. The van der Waals surface area contributed by atoms with E-state index in [4.69, 9.17) is 4.74 Å². The molecule has 0 aromatic carbocycles. The molecule has 0 aliphatic rings. The van der Waals surface area contributed by atoms with Crippen molar-refractivity contribution in [2.45, 2.75) is 20.0 Å². The van der Waals surface area contributed by atoms with Gasteiger partial charge in [0.05, 0.1) is 16.6 Å². The quantitative estimate of drug-likeness (QED) is 0.545. The first-order valence-electron chi connectivity index (χ1n) is 8.55. The second-order valence-electron chi connectivity index (χ2n) is 6.35. The van der Waals surface area contributed by atoms with Crippen LogP contribution in [0.3, 0.4) is 0 Å². The van der Waals surface area contributed by atoms with Gasteiger partial charge in [0.15, 0.2) is 5.65 Å². The molecular formula is C18H17N7O3. The van der Waals surface area contributed by atoms with Gasteiger partial charge in [-0.3, -0.25) is 14.8 Å². The van der Waals surface area contributed by atoms with Crippen LogP contribution in [-0.4, -0.2) is 34.9 Å². The maximum Gasteiger partial charge on any atom is 0.325 e. The van der Waals surface area contributed by atoms with E-state index in [0.29, 0.717) is 22.6 Å². The van der Waals surface area contributed by atoms with E-state index >= 15 is 0 Å². The molecule has 0 aliphatic heterocycles. The lowest BCUT2D eigenvalue weighted by molar-refractivity contribution is 0.213. The van der Waals surface area contributed by atoms with Crippen molar-refractivity contribution in [3.63, 3.8) is 0 Å². The number of nitrogens with zero attached hydrogens (tertiary/aromatic N) is 5. The van der Waals surface area contributed by atoms with Crippen molar-refractivity contribution in [3.8, 4) is 17.1 Å². The third kappa shape index (κ3) is 3.15. The molecule has 10 nitrogen and oxygen atoms in total. The van der Waals surface area contributed by atoms with Gasteiger partial charge in [-0.2, -0.15) is 0 Å². The molecule has 0 aliphatic carbocycles. The zero-order valence-corrected chi connectivity index (χ0v) is 15.4. The Kier molecular flexibility index (Phi) is 4.22. The molecule has 4 aromatic rings. The first-order valence-corrected chi connectivity index (χ1v) is 8.55. The van der Waals surface area contributed by atoms with Gasteiger partial charge in [-0.05, 0) is 32.0 Å². The van der Waals surface area contributed by atoms with E-state index in [1.807, 2.05) is 32.0 Å². The Hall–Kier alpha value is -3.82. The maximum atomic E-state index is 12.1. The average Bonchev–Trinajstić information content (AvgIpc) is 2.97. The van der Waals surface area contributed by atoms with Gasteiger partial charge in [-0.15, -0.1) is 15.3 Å². The van der Waals surface area contributed by atoms with E-state index in [-0.39, 0.29) is 11.7 Å². The van der Waals surface area contributed by atoms with Crippen LogP contribution in [0.1, 0.15) is 24.4 Å². The second-order valence-corrected chi connectivity index (χ2v) is 6.35. The lowest BCUT2D eigenvalue weighted by atomic mass is 10.2. The third-order valence-corrected chi connectivity index (χ3v) is 4.26. The summed E-state index contributed by atoms with van der Waals surface area (Å²) >= 11 is 0. The number of hydrogen-bond acceptors (Lipinski definition) is 7. The van der Waals surface area contributed by atoms with Gasteiger partial charge in [0, 0.05) is 18.9 Å². The fourth-order valence-corrected chi connectivity index (χ4v) is 2.86. The maximum absolute atomic E-state index is 12.1. The molecule has 0 unspecified atom stereocenters. The summed E-state index contributed by atoms with van der Waals surface area (Å²) in [5.74, 6) is 0.352. The van der Waals surface area contributed by atoms with Crippen LogP contribution in [-0.2, 0) is 7.05 Å². The minimum atomic E-state index is -0.590. The fourth-order valence-electron chi connectivity index (χ4n) is 2.86. The van der Waals surface area contributed by atoms with Crippen LogP contribution in [0, 0.1) is 6.92 Å². The first-order chi connectivity index (χ1) is 13.4. The molecule has 0 radical (unpaired) electrons. The van der Waals surface area contributed by atoms with E-state index in [1.54, 1.807) is 17.8 Å². The van der Waals surface area contributed by atoms with Crippen molar-refractivity contribution in [3.05, 3.63) is 62.7 Å². The highest BCUT2D eigenvalue weighted by Crippen LogP contribution is 2.28. The highest BCUT2D eigenvalue weighted by Gasteiger charge is 2.18. The zero-order valence-electron chi connectivity index (χ0n) is 15.4. The van der Waals surface area contributed by atoms with Crippen molar-refractivity contribution in [1.29, 1.82) is 0 Å². The number of aromatic amines is 2. The number of aromatic nitrogens is 7. The van der Waals surface area contributed by atoms with E-state index < -0.39 is 11.2 Å². The zero-order chi connectivity index (χ0) is 19.8. The summed E-state index contributed by atoms with van der Waals surface area (Å²) < 4.78 is 7.57. The molecule has 4 aromatic heterocycles. The lowest BCUT2D eigenvalue weighted by Gasteiger charge is -2.12. The molecule has 0 saturated carbocycles. The third-order valence-electron chi connectivity index (χ3n) is 4.26. The van der Waals surface area contributed by atoms with Gasteiger partial charge in [-0.25, -0.2) is 9.48 Å². The van der Waals surface area contributed by atoms with E-state index in [1.165, 1.54) is 6.20 Å². The van der Waals surface area contributed by atoms with Gasteiger partial charge < -0.3 is 9.72 Å². The topological polar surface area (TPSA) is 131 Å². The lowest BCUT2D eigenvalue weighted by Crippen LogP contribution is -2.22. The predicted molar refractivity (Wildman–Crippen MR) is 101 cm³/mol.